The van der Waals surface area contributed by atoms with Gasteiger partial charge in [-0.25, -0.2) is 4.85 Å². The summed E-state index contributed by atoms with van der Waals surface area (Å²) in [6.45, 7) is 10.3. The number of hydrogen-bond acceptors (Lipinski definition) is 6. The zero-order valence-electron chi connectivity index (χ0n) is 24.1. The van der Waals surface area contributed by atoms with E-state index in [9.17, 15) is 22.8 Å². The van der Waals surface area contributed by atoms with Gasteiger partial charge in [0.1, 0.15) is 23.3 Å². The van der Waals surface area contributed by atoms with Gasteiger partial charge in [-0.3, -0.25) is 19.5 Å². The molecule has 11 heteroatoms. The first kappa shape index (κ1) is 31.0. The Kier molecular flexibility index (Phi) is 9.80. The molecule has 8 nitrogen and oxygen atoms in total. The molecule has 0 atom stereocenters. The molecule has 2 aliphatic heterocycles. The second-order valence-electron chi connectivity index (χ2n) is 11.2. The van der Waals surface area contributed by atoms with Gasteiger partial charge in [-0.15, -0.1) is 13.2 Å². The van der Waals surface area contributed by atoms with Crippen LogP contribution >= 0.6 is 0 Å². The summed E-state index contributed by atoms with van der Waals surface area (Å²) in [5, 5.41) is 0. The van der Waals surface area contributed by atoms with E-state index in [2.05, 4.69) is 19.5 Å². The normalized spacial score (nSPS) is 16.7. The topological polar surface area (TPSA) is 76.3 Å². The highest BCUT2D eigenvalue weighted by Gasteiger charge is 2.31. The van der Waals surface area contributed by atoms with E-state index in [-0.39, 0.29) is 29.5 Å². The van der Waals surface area contributed by atoms with Gasteiger partial charge in [-0.2, -0.15) is 0 Å². The highest BCUT2D eigenvalue weighted by atomic mass is 19.4. The van der Waals surface area contributed by atoms with Gasteiger partial charge in [0.2, 0.25) is 0 Å². The molecular weight excluding hydrogens is 573 g/mol. The lowest BCUT2D eigenvalue weighted by Gasteiger charge is -2.32. The van der Waals surface area contributed by atoms with Crippen LogP contribution in [-0.4, -0.2) is 65.1 Å². The van der Waals surface area contributed by atoms with E-state index in [0.29, 0.717) is 61.6 Å². The van der Waals surface area contributed by atoms with Gasteiger partial charge in [0, 0.05) is 50.7 Å². The predicted octanol–water partition coefficient (Wildman–Crippen LogP) is 6.70. The van der Waals surface area contributed by atoms with Crippen molar-refractivity contribution in [2.45, 2.75) is 51.1 Å². The maximum absolute atomic E-state index is 13.0. The number of alkyl halides is 3. The number of halogens is 3. The molecule has 2 fully saturated rings. The number of likely N-dealkylation sites (tertiary alicyclic amines) is 2. The summed E-state index contributed by atoms with van der Waals surface area (Å²) in [7, 11) is 0. The number of Topliss-reactive ketones (excluding diaryl/α,β-unsaturated/α-hetero) is 1. The molecule has 2 aromatic carbocycles. The Bertz CT molecular complexity index is 1460. The average molecular weight is 607 g/mol. The highest BCUT2D eigenvalue weighted by molar-refractivity contribution is 5.97. The molecule has 230 valence electrons. The molecule has 5 rings (SSSR count). The Hall–Kier alpha value is -4.43. The SMILES string of the molecule is [C-]#[N+]c1ccc(OC2CCN(C(=O)c3ccc(C(=O)CC4CCN(Cc5ccc(OC(F)(F)F)cc5)CC4)cn3)CC2)cc1. The van der Waals surface area contributed by atoms with Crippen molar-refractivity contribution in [3.63, 3.8) is 0 Å². The molecule has 1 aromatic heterocycles. The Morgan fingerprint density at radius 1 is 0.886 bits per heavy atom. The zero-order chi connectivity index (χ0) is 31.1. The van der Waals surface area contributed by atoms with Crippen LogP contribution in [0.4, 0.5) is 18.9 Å². The third-order valence-electron chi connectivity index (χ3n) is 8.05. The van der Waals surface area contributed by atoms with Crippen molar-refractivity contribution in [1.82, 2.24) is 14.8 Å². The van der Waals surface area contributed by atoms with E-state index in [4.69, 9.17) is 11.3 Å². The van der Waals surface area contributed by atoms with Crippen LogP contribution in [0.2, 0.25) is 0 Å². The number of pyridine rings is 1. The molecule has 0 unspecified atom stereocenters. The molecule has 0 saturated carbocycles. The van der Waals surface area contributed by atoms with Crippen molar-refractivity contribution in [2.75, 3.05) is 26.2 Å². The minimum absolute atomic E-state index is 0.00223. The van der Waals surface area contributed by atoms with Gasteiger partial charge >= 0.3 is 6.36 Å². The van der Waals surface area contributed by atoms with Gasteiger partial charge in [-0.05, 0) is 73.8 Å². The number of piperidine rings is 2. The van der Waals surface area contributed by atoms with Crippen LogP contribution in [-0.2, 0) is 6.54 Å². The molecule has 0 N–H and O–H groups in total. The highest BCUT2D eigenvalue weighted by Crippen LogP contribution is 2.27. The summed E-state index contributed by atoms with van der Waals surface area (Å²) >= 11 is 0. The Morgan fingerprint density at radius 2 is 1.55 bits per heavy atom. The molecule has 3 aromatic rings. The zero-order valence-corrected chi connectivity index (χ0v) is 24.1. The van der Waals surface area contributed by atoms with Crippen LogP contribution in [0.15, 0.2) is 66.9 Å². The van der Waals surface area contributed by atoms with Gasteiger partial charge in [0.25, 0.3) is 5.91 Å². The summed E-state index contributed by atoms with van der Waals surface area (Å²) in [4.78, 5) is 37.6. The van der Waals surface area contributed by atoms with E-state index in [0.717, 1.165) is 31.5 Å². The minimum atomic E-state index is -4.71. The van der Waals surface area contributed by atoms with E-state index in [1.165, 1.54) is 18.3 Å². The summed E-state index contributed by atoms with van der Waals surface area (Å²) in [5.74, 6) is 0.535. The molecule has 2 saturated heterocycles. The first-order chi connectivity index (χ1) is 21.1. The number of carbonyl (C=O) groups excluding carboxylic acids is 2. The lowest BCUT2D eigenvalue weighted by atomic mass is 9.90. The van der Waals surface area contributed by atoms with Crippen LogP contribution in [0.25, 0.3) is 4.85 Å². The van der Waals surface area contributed by atoms with E-state index in [1.807, 2.05) is 0 Å². The molecule has 1 amide bonds. The number of benzene rings is 2. The van der Waals surface area contributed by atoms with E-state index >= 15 is 0 Å². The predicted molar refractivity (Wildman–Crippen MR) is 157 cm³/mol. The van der Waals surface area contributed by atoms with Crippen molar-refractivity contribution >= 4 is 17.4 Å². The number of amides is 1. The van der Waals surface area contributed by atoms with Gasteiger partial charge in [0.05, 0.1) is 6.57 Å². The van der Waals surface area contributed by atoms with Crippen LogP contribution in [0.3, 0.4) is 0 Å². The molecule has 0 spiro atoms. The largest absolute Gasteiger partial charge is 0.573 e. The monoisotopic (exact) mass is 606 g/mol. The van der Waals surface area contributed by atoms with Gasteiger partial charge in [-0.1, -0.05) is 24.3 Å². The smallest absolute Gasteiger partial charge is 0.490 e. The third kappa shape index (κ3) is 8.57. The molecule has 0 aliphatic carbocycles. The minimum Gasteiger partial charge on any atom is -0.490 e. The number of hydrogen-bond donors (Lipinski definition) is 0. The number of nitrogens with zero attached hydrogens (tertiary/aromatic N) is 4. The summed E-state index contributed by atoms with van der Waals surface area (Å²) in [5.41, 5.74) is 2.25. The fourth-order valence-electron chi connectivity index (χ4n) is 5.60. The lowest BCUT2D eigenvalue weighted by molar-refractivity contribution is -0.274. The first-order valence-corrected chi connectivity index (χ1v) is 14.6. The number of ketones is 1. The number of aromatic nitrogens is 1. The Morgan fingerprint density at radius 3 is 2.14 bits per heavy atom. The molecular formula is C33H33F3N4O4. The quantitative estimate of drug-likeness (QED) is 0.199. The standard InChI is InChI=1S/C33H33F3N4O4/c1-37-26-5-9-27(10-6-26)43-28-14-18-40(19-15-28)32(42)30-11-4-25(21-38-30)31(41)20-23-12-16-39(17-13-23)22-24-2-7-29(8-3-24)44-33(34,35)36/h2-11,21,23,28H,12-20,22H2. The molecule has 2 aliphatic rings. The van der Waals surface area contributed by atoms with E-state index < -0.39 is 6.36 Å². The number of rotatable bonds is 9. The molecule has 3 heterocycles. The van der Waals surface area contributed by atoms with Crippen LogP contribution in [0.1, 0.15) is 58.5 Å². The van der Waals surface area contributed by atoms with Crippen molar-refractivity contribution in [2.24, 2.45) is 5.92 Å². The lowest BCUT2D eigenvalue weighted by Crippen LogP contribution is -2.42. The number of ether oxygens (including phenoxy) is 2. The Labute approximate surface area is 254 Å². The van der Waals surface area contributed by atoms with Crippen molar-refractivity contribution in [1.29, 1.82) is 0 Å². The summed E-state index contributed by atoms with van der Waals surface area (Å²) in [6.07, 6.45) is 0.240. The first-order valence-electron chi connectivity index (χ1n) is 14.6. The molecule has 44 heavy (non-hydrogen) atoms. The van der Waals surface area contributed by atoms with Crippen LogP contribution in [0, 0.1) is 12.5 Å². The fraction of sp³-hybridized carbons (Fsp3) is 0.394. The maximum atomic E-state index is 13.0. The van der Waals surface area contributed by atoms with Crippen molar-refractivity contribution in [3.8, 4) is 11.5 Å². The average Bonchev–Trinajstić information content (AvgIpc) is 3.03. The van der Waals surface area contributed by atoms with Crippen LogP contribution < -0.4 is 9.47 Å². The second-order valence-corrected chi connectivity index (χ2v) is 11.2. The van der Waals surface area contributed by atoms with E-state index in [1.54, 1.807) is 53.4 Å². The Balaban J connectivity index is 1.03. The van der Waals surface area contributed by atoms with Gasteiger partial charge in [0.15, 0.2) is 11.5 Å². The van der Waals surface area contributed by atoms with Crippen LogP contribution in [0.5, 0.6) is 11.5 Å². The second kappa shape index (κ2) is 13.9. The number of carbonyl (C=O) groups is 2. The van der Waals surface area contributed by atoms with Gasteiger partial charge < -0.3 is 14.4 Å². The summed E-state index contributed by atoms with van der Waals surface area (Å²) in [6, 6.07) is 16.2. The van der Waals surface area contributed by atoms with Crippen molar-refractivity contribution in [3.05, 3.63) is 95.1 Å². The molecule has 0 radical (unpaired) electrons. The summed E-state index contributed by atoms with van der Waals surface area (Å²) < 4.78 is 47.0. The fourth-order valence-corrected chi connectivity index (χ4v) is 5.60. The maximum Gasteiger partial charge on any atom is 0.573 e. The third-order valence-corrected chi connectivity index (χ3v) is 8.05. The van der Waals surface area contributed by atoms with Crippen molar-refractivity contribution < 1.29 is 32.2 Å². The molecule has 0 bridgehead atoms.